The molecule has 5 nitrogen and oxygen atoms in total. The molecule has 0 spiro atoms. The van der Waals surface area contributed by atoms with Crippen molar-refractivity contribution in [1.82, 2.24) is 14.8 Å². The Labute approximate surface area is 176 Å². The third kappa shape index (κ3) is 4.96. The van der Waals surface area contributed by atoms with E-state index in [0.717, 1.165) is 67.0 Å². The molecule has 0 bridgehead atoms. The molecule has 0 N–H and O–H groups in total. The Morgan fingerprint density at radius 1 is 0.897 bits per heavy atom. The Bertz CT molecular complexity index is 921. The van der Waals surface area contributed by atoms with Crippen LogP contribution in [0.1, 0.15) is 11.3 Å². The molecule has 0 unspecified atom stereocenters. The molecule has 0 amide bonds. The van der Waals surface area contributed by atoms with Crippen molar-refractivity contribution >= 4 is 11.3 Å². The zero-order valence-electron chi connectivity index (χ0n) is 17.0. The third-order valence-electron chi connectivity index (χ3n) is 5.29. The number of nitrogens with zero attached hydrogens (tertiary/aromatic N) is 3. The highest BCUT2D eigenvalue weighted by Gasteiger charge is 2.19. The molecule has 152 valence electrons. The fourth-order valence-corrected chi connectivity index (χ4v) is 4.50. The molecule has 0 aliphatic carbocycles. The van der Waals surface area contributed by atoms with E-state index in [1.165, 1.54) is 5.56 Å². The van der Waals surface area contributed by atoms with Crippen molar-refractivity contribution in [3.63, 3.8) is 0 Å². The Balaban J connectivity index is 1.34. The summed E-state index contributed by atoms with van der Waals surface area (Å²) in [6.45, 7) is 6.27. The number of rotatable bonds is 7. The Hall–Kier alpha value is -2.41. The molecule has 1 fully saturated rings. The van der Waals surface area contributed by atoms with Gasteiger partial charge >= 0.3 is 0 Å². The first-order valence-electron chi connectivity index (χ1n) is 9.90. The first kappa shape index (κ1) is 19.9. The van der Waals surface area contributed by atoms with E-state index in [2.05, 4.69) is 45.5 Å². The average Bonchev–Trinajstić information content (AvgIpc) is 3.23. The molecule has 2 aromatic carbocycles. The smallest absolute Gasteiger partial charge is 0.132 e. The van der Waals surface area contributed by atoms with Crippen molar-refractivity contribution in [2.24, 2.45) is 0 Å². The summed E-state index contributed by atoms with van der Waals surface area (Å²) in [5.74, 6) is 1.58. The fourth-order valence-electron chi connectivity index (χ4n) is 3.65. The lowest BCUT2D eigenvalue weighted by atomic mass is 10.2. The van der Waals surface area contributed by atoms with Gasteiger partial charge in [-0.25, -0.2) is 4.98 Å². The van der Waals surface area contributed by atoms with Gasteiger partial charge in [0.25, 0.3) is 0 Å². The van der Waals surface area contributed by atoms with Gasteiger partial charge in [-0.3, -0.25) is 9.80 Å². The SMILES string of the molecule is COc1ccc(-c2nc(CN3CCN(Cc4ccccc4)CC3)cs2)c(OC)c1. The van der Waals surface area contributed by atoms with E-state index >= 15 is 0 Å². The van der Waals surface area contributed by atoms with Crippen LogP contribution in [-0.4, -0.2) is 55.2 Å². The molecule has 2 heterocycles. The topological polar surface area (TPSA) is 37.8 Å². The molecular weight excluding hydrogens is 382 g/mol. The van der Waals surface area contributed by atoms with E-state index in [1.807, 2.05) is 18.2 Å². The van der Waals surface area contributed by atoms with Crippen molar-refractivity contribution in [2.75, 3.05) is 40.4 Å². The highest BCUT2D eigenvalue weighted by atomic mass is 32.1. The molecular formula is C23H27N3O2S. The summed E-state index contributed by atoms with van der Waals surface area (Å²) in [5.41, 5.74) is 3.52. The van der Waals surface area contributed by atoms with Crippen LogP contribution in [0.5, 0.6) is 11.5 Å². The minimum Gasteiger partial charge on any atom is -0.497 e. The summed E-state index contributed by atoms with van der Waals surface area (Å²) in [7, 11) is 3.34. The van der Waals surface area contributed by atoms with Crippen molar-refractivity contribution in [3.8, 4) is 22.1 Å². The maximum Gasteiger partial charge on any atom is 0.132 e. The van der Waals surface area contributed by atoms with E-state index in [-0.39, 0.29) is 0 Å². The lowest BCUT2D eigenvalue weighted by Gasteiger charge is -2.34. The van der Waals surface area contributed by atoms with Gasteiger partial charge in [-0.05, 0) is 17.7 Å². The summed E-state index contributed by atoms with van der Waals surface area (Å²) >= 11 is 1.67. The zero-order chi connectivity index (χ0) is 20.1. The molecule has 4 rings (SSSR count). The summed E-state index contributed by atoms with van der Waals surface area (Å²) in [6.07, 6.45) is 0. The van der Waals surface area contributed by atoms with Gasteiger partial charge in [-0.1, -0.05) is 30.3 Å². The van der Waals surface area contributed by atoms with E-state index in [1.54, 1.807) is 25.6 Å². The Kier molecular flexibility index (Phi) is 6.44. The van der Waals surface area contributed by atoms with Crippen LogP contribution in [-0.2, 0) is 13.1 Å². The molecule has 6 heteroatoms. The monoisotopic (exact) mass is 409 g/mol. The first-order chi connectivity index (χ1) is 14.2. The van der Waals surface area contributed by atoms with E-state index in [4.69, 9.17) is 14.5 Å². The molecule has 0 saturated carbocycles. The number of hydrogen-bond acceptors (Lipinski definition) is 6. The number of methoxy groups -OCH3 is 2. The minimum atomic E-state index is 0.788. The summed E-state index contributed by atoms with van der Waals surface area (Å²) in [6, 6.07) is 16.6. The summed E-state index contributed by atoms with van der Waals surface area (Å²) in [5, 5.41) is 3.15. The molecule has 1 saturated heterocycles. The summed E-state index contributed by atoms with van der Waals surface area (Å²) < 4.78 is 10.8. The molecule has 0 atom stereocenters. The van der Waals surface area contributed by atoms with Gasteiger partial charge in [0.15, 0.2) is 0 Å². The van der Waals surface area contributed by atoms with Crippen LogP contribution in [0.25, 0.3) is 10.6 Å². The Morgan fingerprint density at radius 3 is 2.31 bits per heavy atom. The number of aromatic nitrogens is 1. The van der Waals surface area contributed by atoms with Crippen LogP contribution in [0.2, 0.25) is 0 Å². The Morgan fingerprint density at radius 2 is 1.62 bits per heavy atom. The normalized spacial score (nSPS) is 15.4. The second-order valence-corrected chi connectivity index (χ2v) is 8.11. The molecule has 1 aliphatic rings. The largest absolute Gasteiger partial charge is 0.497 e. The zero-order valence-corrected chi connectivity index (χ0v) is 17.8. The lowest BCUT2D eigenvalue weighted by molar-refractivity contribution is 0.121. The van der Waals surface area contributed by atoms with Crippen LogP contribution in [0.4, 0.5) is 0 Å². The van der Waals surface area contributed by atoms with Gasteiger partial charge in [0.05, 0.1) is 25.5 Å². The van der Waals surface area contributed by atoms with E-state index < -0.39 is 0 Å². The van der Waals surface area contributed by atoms with Crippen molar-refractivity contribution in [3.05, 3.63) is 65.2 Å². The predicted octanol–water partition coefficient (Wildman–Crippen LogP) is 4.15. The third-order valence-corrected chi connectivity index (χ3v) is 6.21. The molecule has 29 heavy (non-hydrogen) atoms. The first-order valence-corrected chi connectivity index (χ1v) is 10.8. The van der Waals surface area contributed by atoms with Crippen molar-refractivity contribution < 1.29 is 9.47 Å². The summed E-state index contributed by atoms with van der Waals surface area (Å²) in [4.78, 5) is 9.89. The van der Waals surface area contributed by atoms with Gasteiger partial charge in [0.2, 0.25) is 0 Å². The molecule has 1 aliphatic heterocycles. The number of benzene rings is 2. The molecule has 1 aromatic heterocycles. The minimum absolute atomic E-state index is 0.788. The standard InChI is InChI=1S/C23H27N3O2S/c1-27-20-8-9-21(22(14-20)28-2)23-24-19(17-29-23)16-26-12-10-25(11-13-26)15-18-6-4-3-5-7-18/h3-9,14,17H,10-13,15-16H2,1-2H3. The van der Waals surface area contributed by atoms with Gasteiger partial charge in [0, 0.05) is 50.7 Å². The van der Waals surface area contributed by atoms with Crippen molar-refractivity contribution in [1.29, 1.82) is 0 Å². The van der Waals surface area contributed by atoms with Crippen LogP contribution < -0.4 is 9.47 Å². The van der Waals surface area contributed by atoms with Crippen LogP contribution in [0.3, 0.4) is 0 Å². The highest BCUT2D eigenvalue weighted by molar-refractivity contribution is 7.13. The second-order valence-electron chi connectivity index (χ2n) is 7.25. The number of hydrogen-bond donors (Lipinski definition) is 0. The number of thiazole rings is 1. The molecule has 3 aromatic rings. The number of ether oxygens (including phenoxy) is 2. The highest BCUT2D eigenvalue weighted by Crippen LogP contribution is 2.35. The van der Waals surface area contributed by atoms with Crippen molar-refractivity contribution in [2.45, 2.75) is 13.1 Å². The maximum absolute atomic E-state index is 5.53. The number of piperazine rings is 1. The van der Waals surface area contributed by atoms with Gasteiger partial charge in [-0.15, -0.1) is 11.3 Å². The fraction of sp³-hybridized carbons (Fsp3) is 0.348. The second kappa shape index (κ2) is 9.39. The van der Waals surface area contributed by atoms with Crippen LogP contribution in [0.15, 0.2) is 53.9 Å². The van der Waals surface area contributed by atoms with Gasteiger partial charge in [-0.2, -0.15) is 0 Å². The van der Waals surface area contributed by atoms with Crippen LogP contribution in [0, 0.1) is 0 Å². The van der Waals surface area contributed by atoms with Gasteiger partial charge in [0.1, 0.15) is 16.5 Å². The quantitative estimate of drug-likeness (QED) is 0.586. The van der Waals surface area contributed by atoms with E-state index in [0.29, 0.717) is 0 Å². The molecule has 0 radical (unpaired) electrons. The lowest BCUT2D eigenvalue weighted by Crippen LogP contribution is -2.45. The van der Waals surface area contributed by atoms with Crippen LogP contribution >= 0.6 is 11.3 Å². The van der Waals surface area contributed by atoms with Gasteiger partial charge < -0.3 is 9.47 Å². The average molecular weight is 410 g/mol. The van der Waals surface area contributed by atoms with E-state index in [9.17, 15) is 0 Å². The predicted molar refractivity (Wildman–Crippen MR) is 118 cm³/mol. The maximum atomic E-state index is 5.53.